The third-order valence-corrected chi connectivity index (χ3v) is 8.76. The molecule has 0 saturated carbocycles. The summed E-state index contributed by atoms with van der Waals surface area (Å²) in [4.78, 5) is 78.0. The summed E-state index contributed by atoms with van der Waals surface area (Å²) in [5.74, 6) is -5.21. The summed E-state index contributed by atoms with van der Waals surface area (Å²) >= 11 is 0. The second-order valence-electron chi connectivity index (χ2n) is 13.4. The number of carbonyl (C=O) groups is 6. The molecule has 3 rings (SSSR count). The first-order valence-electron chi connectivity index (χ1n) is 17.1. The van der Waals surface area contributed by atoms with E-state index in [9.17, 15) is 41.9 Å². The fourth-order valence-corrected chi connectivity index (χ4v) is 5.92. The van der Waals surface area contributed by atoms with E-state index in [0.29, 0.717) is 19.4 Å². The molecule has 5 amide bonds. The molecule has 1 aromatic carbocycles. The molecule has 1 aromatic rings. The van der Waals surface area contributed by atoms with Crippen molar-refractivity contribution in [2.24, 2.45) is 17.8 Å². The number of hydrogen-bond donors (Lipinski definition) is 5. The van der Waals surface area contributed by atoms with Gasteiger partial charge in [0.2, 0.25) is 23.5 Å². The highest BCUT2D eigenvalue weighted by Gasteiger charge is 2.41. The van der Waals surface area contributed by atoms with Gasteiger partial charge in [-0.2, -0.15) is 13.2 Å². The van der Waals surface area contributed by atoms with Gasteiger partial charge >= 0.3 is 12.3 Å². The Morgan fingerprint density at radius 2 is 1.64 bits per heavy atom. The highest BCUT2D eigenvalue weighted by Crippen LogP contribution is 2.34. The Balaban J connectivity index is 1.53. The maximum absolute atomic E-state index is 13.2. The average Bonchev–Trinajstić information content (AvgIpc) is 3.46. The van der Waals surface area contributed by atoms with Crippen LogP contribution >= 0.6 is 0 Å². The monoisotopic (exact) mass is 710 g/mol. The first-order valence-corrected chi connectivity index (χ1v) is 17.1. The van der Waals surface area contributed by atoms with Crippen LogP contribution in [0.2, 0.25) is 0 Å². The molecule has 0 aliphatic carbocycles. The van der Waals surface area contributed by atoms with E-state index in [2.05, 4.69) is 26.6 Å². The van der Waals surface area contributed by atoms with Crippen LogP contribution in [0.4, 0.5) is 18.0 Å². The van der Waals surface area contributed by atoms with Crippen molar-refractivity contribution in [3.8, 4) is 0 Å². The number of rotatable bonds is 17. The lowest BCUT2D eigenvalue weighted by molar-refractivity contribution is -0.185. The number of nitrogens with zero attached hydrogens (tertiary/aromatic N) is 1. The molecule has 1 unspecified atom stereocenters. The van der Waals surface area contributed by atoms with Crippen molar-refractivity contribution in [3.63, 3.8) is 0 Å². The molecule has 0 bridgehead atoms. The molecule has 5 N–H and O–H groups in total. The molecule has 0 radical (unpaired) electrons. The maximum Gasteiger partial charge on any atom is 0.408 e. The third kappa shape index (κ3) is 13.6. The number of amides is 5. The molecule has 2 aliphatic heterocycles. The number of nitrogens with one attached hydrogen (secondary N) is 5. The number of carbonyl (C=O) groups excluding carboxylic acids is 6. The molecule has 278 valence electrons. The van der Waals surface area contributed by atoms with E-state index >= 15 is 0 Å². The number of benzene rings is 1. The molecule has 2 aliphatic rings. The van der Waals surface area contributed by atoms with Crippen molar-refractivity contribution in [2.45, 2.75) is 90.2 Å². The van der Waals surface area contributed by atoms with E-state index in [-0.39, 0.29) is 76.3 Å². The van der Waals surface area contributed by atoms with Gasteiger partial charge in [0, 0.05) is 38.0 Å². The zero-order valence-electron chi connectivity index (χ0n) is 28.8. The maximum atomic E-state index is 13.2. The van der Waals surface area contributed by atoms with Crippen LogP contribution in [0.25, 0.3) is 0 Å². The lowest BCUT2D eigenvalue weighted by Crippen LogP contribution is -2.54. The van der Waals surface area contributed by atoms with Gasteiger partial charge in [-0.15, -0.1) is 0 Å². The Kier molecular flexibility index (Phi) is 15.5. The summed E-state index contributed by atoms with van der Waals surface area (Å²) in [6.07, 6.45) is -4.61. The van der Waals surface area contributed by atoms with Crippen molar-refractivity contribution in [1.29, 1.82) is 0 Å². The van der Waals surface area contributed by atoms with Crippen LogP contribution < -0.4 is 26.6 Å². The zero-order valence-corrected chi connectivity index (χ0v) is 28.8. The van der Waals surface area contributed by atoms with Gasteiger partial charge in [0.1, 0.15) is 12.6 Å². The summed E-state index contributed by atoms with van der Waals surface area (Å²) in [7, 11) is 0. The fraction of sp³-hybridized carbons (Fsp3) is 0.647. The van der Waals surface area contributed by atoms with Gasteiger partial charge < -0.3 is 36.2 Å². The molecular weight excluding hydrogens is 661 g/mol. The van der Waals surface area contributed by atoms with Crippen molar-refractivity contribution in [2.75, 3.05) is 32.7 Å². The summed E-state index contributed by atoms with van der Waals surface area (Å²) < 4.78 is 44.8. The number of hydrogen-bond acceptors (Lipinski definition) is 8. The van der Waals surface area contributed by atoms with Crippen LogP contribution in [0, 0.1) is 17.8 Å². The van der Waals surface area contributed by atoms with Crippen LogP contribution in [0.1, 0.15) is 64.9 Å². The molecule has 2 fully saturated rings. The van der Waals surface area contributed by atoms with E-state index in [0.717, 1.165) is 5.56 Å². The Hall–Kier alpha value is -4.21. The third-order valence-electron chi connectivity index (χ3n) is 8.76. The predicted molar refractivity (Wildman–Crippen MR) is 176 cm³/mol. The molecule has 2 heterocycles. The van der Waals surface area contributed by atoms with Gasteiger partial charge in [-0.1, -0.05) is 37.3 Å². The summed E-state index contributed by atoms with van der Waals surface area (Å²) in [5.41, 5.74) is 0.731. The molecule has 16 heteroatoms. The van der Waals surface area contributed by atoms with Gasteiger partial charge in [0.25, 0.3) is 5.91 Å². The lowest BCUT2D eigenvalue weighted by atomic mass is 9.94. The largest absolute Gasteiger partial charge is 0.445 e. The van der Waals surface area contributed by atoms with Crippen LogP contribution in [0.15, 0.2) is 30.3 Å². The molecule has 4 atom stereocenters. The van der Waals surface area contributed by atoms with Crippen LogP contribution in [0.5, 0.6) is 0 Å². The van der Waals surface area contributed by atoms with Gasteiger partial charge in [-0.25, -0.2) is 4.79 Å². The van der Waals surface area contributed by atoms with E-state index in [1.54, 1.807) is 49.9 Å². The Labute approximate surface area is 290 Å². The van der Waals surface area contributed by atoms with E-state index in [1.807, 2.05) is 6.07 Å². The standard InChI is InChI=1S/C34H49F3N6O7/c1-21(2)40-32(48)29(45)26(18-24-10-14-38-30(24)46)41-28(44)17-22(3)9-13-39-31(47)27(19-43-15-11-25(12-16-43)34(35,36)37)42-33(49)50-20-23-7-5-4-6-8-23/h4-8,21-22,24-27H,9-20H2,1-3H3,(H,38,46)(H,39,47)(H,40,48)(H,41,44)(H,42,49)/t22?,24-,26-,27-/m0/s1. The normalized spacial score (nSPS) is 18.8. The van der Waals surface area contributed by atoms with Gasteiger partial charge in [0.05, 0.1) is 12.0 Å². The van der Waals surface area contributed by atoms with Crippen LogP contribution in [-0.2, 0) is 35.3 Å². The number of ether oxygens (including phenoxy) is 1. The van der Waals surface area contributed by atoms with E-state index in [1.165, 1.54) is 0 Å². The molecule has 0 spiro atoms. The SMILES string of the molecule is CC(CCNC(=O)[C@H](CN1CCC(C(F)(F)F)CC1)NC(=O)OCc1ccccc1)CC(=O)N[C@@H](C[C@@H]1CCNC1=O)C(=O)C(=O)NC(C)C. The number of alkyl carbamates (subject to hydrolysis) is 1. The van der Waals surface area contributed by atoms with Gasteiger partial charge in [-0.05, 0) is 70.5 Å². The highest BCUT2D eigenvalue weighted by molar-refractivity contribution is 6.38. The van der Waals surface area contributed by atoms with Crippen molar-refractivity contribution in [3.05, 3.63) is 35.9 Å². The summed E-state index contributed by atoms with van der Waals surface area (Å²) in [5, 5.41) is 13.1. The number of likely N-dealkylation sites (tertiary alicyclic amines) is 1. The molecular formula is C34H49F3N6O7. The number of alkyl halides is 3. The lowest BCUT2D eigenvalue weighted by Gasteiger charge is -2.34. The Bertz CT molecular complexity index is 1320. The highest BCUT2D eigenvalue weighted by atomic mass is 19.4. The second-order valence-corrected chi connectivity index (χ2v) is 13.4. The molecule has 13 nitrogen and oxygen atoms in total. The molecule has 0 aromatic heterocycles. The average molecular weight is 711 g/mol. The first kappa shape index (κ1) is 40.2. The minimum atomic E-state index is -4.29. The van der Waals surface area contributed by atoms with Gasteiger partial charge in [0.15, 0.2) is 0 Å². The minimum Gasteiger partial charge on any atom is -0.445 e. The van der Waals surface area contributed by atoms with E-state index in [4.69, 9.17) is 4.74 Å². The Morgan fingerprint density at radius 3 is 2.24 bits per heavy atom. The molecule has 2 saturated heterocycles. The fourth-order valence-electron chi connectivity index (χ4n) is 5.92. The van der Waals surface area contributed by atoms with E-state index < -0.39 is 59.7 Å². The summed E-state index contributed by atoms with van der Waals surface area (Å²) in [6.45, 7) is 5.86. The second kappa shape index (κ2) is 19.3. The van der Waals surface area contributed by atoms with Gasteiger partial charge in [-0.3, -0.25) is 24.0 Å². The summed E-state index contributed by atoms with van der Waals surface area (Å²) in [6, 6.07) is 6.30. The number of halogens is 3. The molecule has 50 heavy (non-hydrogen) atoms. The smallest absolute Gasteiger partial charge is 0.408 e. The first-order chi connectivity index (χ1) is 23.6. The number of Topliss-reactive ketones (excluding diaryl/α,β-unsaturated/α-hetero) is 1. The van der Waals surface area contributed by atoms with Crippen molar-refractivity contribution < 1.29 is 46.7 Å². The number of piperidine rings is 1. The van der Waals surface area contributed by atoms with Crippen molar-refractivity contribution >= 4 is 35.5 Å². The zero-order chi connectivity index (χ0) is 36.8. The van der Waals surface area contributed by atoms with Crippen LogP contribution in [-0.4, -0.2) is 97.4 Å². The quantitative estimate of drug-likeness (QED) is 0.153. The van der Waals surface area contributed by atoms with Crippen molar-refractivity contribution in [1.82, 2.24) is 31.5 Å². The Morgan fingerprint density at radius 1 is 0.960 bits per heavy atom. The predicted octanol–water partition coefficient (Wildman–Crippen LogP) is 2.19. The minimum absolute atomic E-state index is 0.0115. The number of ketones is 1. The topological polar surface area (TPSA) is 175 Å². The van der Waals surface area contributed by atoms with Crippen LogP contribution in [0.3, 0.4) is 0 Å².